The maximum atomic E-state index is 12.8. The van der Waals surface area contributed by atoms with Crippen molar-refractivity contribution < 1.29 is 4.79 Å². The van der Waals surface area contributed by atoms with Gasteiger partial charge in [-0.2, -0.15) is 0 Å². The highest BCUT2D eigenvalue weighted by Gasteiger charge is 2.65. The number of fused-ring (bicyclic) bond motifs is 5. The van der Waals surface area contributed by atoms with Crippen molar-refractivity contribution >= 4 is 5.78 Å². The van der Waals surface area contributed by atoms with Gasteiger partial charge in [-0.3, -0.25) is 4.79 Å². The van der Waals surface area contributed by atoms with Crippen molar-refractivity contribution in [2.45, 2.75) is 120 Å². The first kappa shape index (κ1) is 25.2. The monoisotopic (exact) mass is 452 g/mol. The molecule has 0 spiro atoms. The molecule has 4 rings (SSSR count). The van der Waals surface area contributed by atoms with Crippen LogP contribution >= 0.6 is 0 Å². The molecule has 0 saturated heterocycles. The first-order valence-electron chi connectivity index (χ1n) is 14.0. The highest BCUT2D eigenvalue weighted by atomic mass is 16.1. The molecule has 0 amide bonds. The third kappa shape index (κ3) is 3.57. The molecule has 0 aromatic rings. The molecule has 0 unspecified atom stereocenters. The summed E-state index contributed by atoms with van der Waals surface area (Å²) in [6, 6.07) is 0. The number of ketones is 1. The quantitative estimate of drug-likeness (QED) is 0.388. The number of carbonyl (C=O) groups is 1. The van der Waals surface area contributed by atoms with E-state index < -0.39 is 0 Å². The minimum Gasteiger partial charge on any atom is -0.299 e. The lowest BCUT2D eigenvalue weighted by atomic mass is 9.41. The van der Waals surface area contributed by atoms with Crippen molar-refractivity contribution in [2.75, 3.05) is 0 Å². The van der Waals surface area contributed by atoms with E-state index in [0.29, 0.717) is 33.9 Å². The minimum absolute atomic E-state index is 0.168. The van der Waals surface area contributed by atoms with Gasteiger partial charge in [0.15, 0.2) is 0 Å². The van der Waals surface area contributed by atoms with Crippen molar-refractivity contribution in [3.63, 3.8) is 0 Å². The van der Waals surface area contributed by atoms with E-state index in [0.717, 1.165) is 31.1 Å². The van der Waals surface area contributed by atoms with E-state index in [1.165, 1.54) is 44.1 Å². The SMILES string of the molecule is C=C(CC[C@H](C)[C@@H]1CC[C@]2(C)C3=CC[C@H]4C(C)(C)C(=O)CC[C@]4(C)[C@H]3CC[C@@]12C)C(C)(C)C. The predicted octanol–water partition coefficient (Wildman–Crippen LogP) is 9.18. The summed E-state index contributed by atoms with van der Waals surface area (Å²) in [5.74, 6) is 3.25. The average Bonchev–Trinajstić information content (AvgIpc) is 3.00. The Balaban J connectivity index is 1.59. The fourth-order valence-electron chi connectivity index (χ4n) is 9.44. The minimum atomic E-state index is -0.168. The maximum absolute atomic E-state index is 12.8. The Labute approximate surface area is 205 Å². The van der Waals surface area contributed by atoms with E-state index in [1.807, 2.05) is 0 Å². The molecular formula is C32H52O. The van der Waals surface area contributed by atoms with Gasteiger partial charge in [0.05, 0.1) is 0 Å². The van der Waals surface area contributed by atoms with Gasteiger partial charge in [-0.15, -0.1) is 0 Å². The lowest BCUT2D eigenvalue weighted by Crippen LogP contribution is -2.57. The van der Waals surface area contributed by atoms with Crippen molar-refractivity contribution in [3.05, 3.63) is 23.8 Å². The molecule has 33 heavy (non-hydrogen) atoms. The van der Waals surface area contributed by atoms with Crippen LogP contribution in [0.25, 0.3) is 0 Å². The van der Waals surface area contributed by atoms with Crippen LogP contribution in [0.4, 0.5) is 0 Å². The number of rotatable bonds is 4. The molecule has 0 aliphatic heterocycles. The first-order valence-corrected chi connectivity index (χ1v) is 14.0. The second kappa shape index (κ2) is 7.83. The zero-order valence-corrected chi connectivity index (χ0v) is 23.4. The number of carbonyl (C=O) groups excluding carboxylic acids is 1. The molecule has 0 aromatic heterocycles. The van der Waals surface area contributed by atoms with Crippen LogP contribution in [0.5, 0.6) is 0 Å². The van der Waals surface area contributed by atoms with Gasteiger partial charge in [0.2, 0.25) is 0 Å². The van der Waals surface area contributed by atoms with E-state index >= 15 is 0 Å². The maximum Gasteiger partial charge on any atom is 0.138 e. The Hall–Kier alpha value is -0.850. The molecular weight excluding hydrogens is 400 g/mol. The molecule has 1 heteroatoms. The Morgan fingerprint density at radius 3 is 2.39 bits per heavy atom. The highest BCUT2D eigenvalue weighted by Crippen LogP contribution is 2.73. The van der Waals surface area contributed by atoms with Crippen LogP contribution in [-0.2, 0) is 4.79 Å². The van der Waals surface area contributed by atoms with Crippen LogP contribution in [-0.4, -0.2) is 5.78 Å². The van der Waals surface area contributed by atoms with E-state index in [1.54, 1.807) is 5.57 Å². The van der Waals surface area contributed by atoms with Crippen LogP contribution in [0.1, 0.15) is 120 Å². The molecule has 0 heterocycles. The third-order valence-corrected chi connectivity index (χ3v) is 12.3. The van der Waals surface area contributed by atoms with Gasteiger partial charge in [-0.1, -0.05) is 86.1 Å². The molecule has 0 aromatic carbocycles. The van der Waals surface area contributed by atoms with Crippen molar-refractivity contribution in [3.8, 4) is 0 Å². The average molecular weight is 453 g/mol. The second-order valence-electron chi connectivity index (χ2n) is 15.0. The van der Waals surface area contributed by atoms with E-state index in [-0.39, 0.29) is 10.8 Å². The Bertz CT molecular complexity index is 852. The molecule has 0 radical (unpaired) electrons. The van der Waals surface area contributed by atoms with Crippen LogP contribution in [0.2, 0.25) is 0 Å². The van der Waals surface area contributed by atoms with Crippen LogP contribution < -0.4 is 0 Å². The molecule has 7 atom stereocenters. The number of allylic oxidation sites excluding steroid dienone is 3. The summed E-state index contributed by atoms with van der Waals surface area (Å²) in [5.41, 5.74) is 4.29. The number of hydrogen-bond donors (Lipinski definition) is 0. The van der Waals surface area contributed by atoms with Gasteiger partial charge in [0, 0.05) is 11.8 Å². The zero-order chi connectivity index (χ0) is 24.6. The van der Waals surface area contributed by atoms with Gasteiger partial charge in [-0.05, 0) is 96.7 Å². The molecule has 0 bridgehead atoms. The molecule has 3 saturated carbocycles. The summed E-state index contributed by atoms with van der Waals surface area (Å²) >= 11 is 0. The second-order valence-corrected chi connectivity index (χ2v) is 15.0. The Kier molecular flexibility index (Phi) is 5.99. The fourth-order valence-corrected chi connectivity index (χ4v) is 9.44. The van der Waals surface area contributed by atoms with Crippen molar-refractivity contribution in [2.24, 2.45) is 50.7 Å². The topological polar surface area (TPSA) is 17.1 Å². The van der Waals surface area contributed by atoms with Crippen LogP contribution in [0.3, 0.4) is 0 Å². The number of Topliss-reactive ketones (excluding diaryl/α,β-unsaturated/α-hetero) is 1. The molecule has 1 nitrogen and oxygen atoms in total. The van der Waals surface area contributed by atoms with Gasteiger partial charge in [0.25, 0.3) is 0 Å². The Morgan fingerprint density at radius 2 is 1.76 bits per heavy atom. The summed E-state index contributed by atoms with van der Waals surface area (Å²) in [5, 5.41) is 0. The molecule has 4 aliphatic carbocycles. The lowest BCUT2D eigenvalue weighted by molar-refractivity contribution is -0.146. The van der Waals surface area contributed by atoms with Crippen LogP contribution in [0.15, 0.2) is 23.8 Å². The standard InChI is InChI=1S/C32H52O/c1-21(11-12-22(2)28(3,4)5)23-15-19-32(10)25-13-14-26-29(6,7)27(33)17-18-30(26,8)24(25)16-20-31(23,32)9/h13,21,23-24,26H,2,11-12,14-20H2,1,3-10H3/t21-,23-,24-,26-,30+,31-,32+/m0/s1. The van der Waals surface area contributed by atoms with Gasteiger partial charge >= 0.3 is 0 Å². The first-order chi connectivity index (χ1) is 15.1. The van der Waals surface area contributed by atoms with Crippen molar-refractivity contribution in [1.29, 1.82) is 0 Å². The van der Waals surface area contributed by atoms with Crippen molar-refractivity contribution in [1.82, 2.24) is 0 Å². The van der Waals surface area contributed by atoms with Gasteiger partial charge < -0.3 is 0 Å². The van der Waals surface area contributed by atoms with E-state index in [4.69, 9.17) is 0 Å². The molecule has 4 aliphatic rings. The summed E-state index contributed by atoms with van der Waals surface area (Å²) in [6.07, 6.45) is 13.5. The van der Waals surface area contributed by atoms with E-state index in [9.17, 15) is 4.79 Å². The smallest absolute Gasteiger partial charge is 0.138 e. The third-order valence-electron chi connectivity index (χ3n) is 12.3. The van der Waals surface area contributed by atoms with E-state index in [2.05, 4.69) is 75.0 Å². The summed E-state index contributed by atoms with van der Waals surface area (Å²) < 4.78 is 0. The summed E-state index contributed by atoms with van der Waals surface area (Å²) in [4.78, 5) is 12.8. The molecule has 0 N–H and O–H groups in total. The zero-order valence-electron chi connectivity index (χ0n) is 23.4. The Morgan fingerprint density at radius 1 is 1.09 bits per heavy atom. The molecule has 3 fully saturated rings. The summed E-state index contributed by atoms with van der Waals surface area (Å²) in [6.45, 7) is 26.2. The van der Waals surface area contributed by atoms with Gasteiger partial charge in [0.1, 0.15) is 5.78 Å². The van der Waals surface area contributed by atoms with Crippen LogP contribution in [0, 0.1) is 50.7 Å². The lowest BCUT2D eigenvalue weighted by Gasteiger charge is -2.63. The number of hydrogen-bond acceptors (Lipinski definition) is 1. The normalized spacial score (nSPS) is 43.2. The summed E-state index contributed by atoms with van der Waals surface area (Å²) in [7, 11) is 0. The highest BCUT2D eigenvalue weighted by molar-refractivity contribution is 5.85. The fraction of sp³-hybridized carbons (Fsp3) is 0.844. The largest absolute Gasteiger partial charge is 0.299 e. The molecule has 186 valence electrons. The predicted molar refractivity (Wildman–Crippen MR) is 141 cm³/mol. The van der Waals surface area contributed by atoms with Gasteiger partial charge in [-0.25, -0.2) is 0 Å².